The topological polar surface area (TPSA) is 48.0 Å². The van der Waals surface area contributed by atoms with Crippen LogP contribution >= 0.6 is 0 Å². The predicted octanol–water partition coefficient (Wildman–Crippen LogP) is 4.61. The van der Waals surface area contributed by atoms with E-state index in [1.807, 2.05) is 55.1 Å². The Morgan fingerprint density at radius 1 is 1.04 bits per heavy atom. The fraction of sp³-hybridized carbons (Fsp3) is 0.435. The van der Waals surface area contributed by atoms with Gasteiger partial charge in [-0.1, -0.05) is 6.07 Å². The van der Waals surface area contributed by atoms with Crippen molar-refractivity contribution in [3.63, 3.8) is 0 Å². The number of hydrogen-bond acceptors (Lipinski definition) is 4. The molecule has 2 aromatic rings. The highest BCUT2D eigenvalue weighted by Crippen LogP contribution is 2.38. The molecule has 2 heterocycles. The van der Waals surface area contributed by atoms with Crippen molar-refractivity contribution in [2.24, 2.45) is 0 Å². The molecule has 0 bridgehead atoms. The zero-order valence-corrected chi connectivity index (χ0v) is 16.5. The highest BCUT2D eigenvalue weighted by molar-refractivity contribution is 5.94. The summed E-state index contributed by atoms with van der Waals surface area (Å²) in [4.78, 5) is 15.1. The summed E-state index contributed by atoms with van der Waals surface area (Å²) in [6, 6.07) is 13.6. The Balaban J connectivity index is 1.53. The molecular weight excluding hydrogens is 354 g/mol. The minimum Gasteiger partial charge on any atom is -0.491 e. The van der Waals surface area contributed by atoms with E-state index < -0.39 is 0 Å². The van der Waals surface area contributed by atoms with E-state index in [9.17, 15) is 4.79 Å². The lowest BCUT2D eigenvalue weighted by molar-refractivity contribution is 0.0735. The van der Waals surface area contributed by atoms with E-state index >= 15 is 0 Å². The fourth-order valence-corrected chi connectivity index (χ4v) is 3.86. The second-order valence-electron chi connectivity index (χ2n) is 7.60. The SMILES string of the molecule is CC(C)Oc1ccc(C(=O)N2CCC[C@H]2c2ccc3c(c2)OCCCO3)cc1. The van der Waals surface area contributed by atoms with Gasteiger partial charge in [-0.25, -0.2) is 0 Å². The average Bonchev–Trinajstić information content (AvgIpc) is 3.06. The minimum atomic E-state index is 0.0608. The molecule has 0 aliphatic carbocycles. The molecule has 1 amide bonds. The minimum absolute atomic E-state index is 0.0608. The Bertz CT molecular complexity index is 831. The molecule has 1 fully saturated rings. The van der Waals surface area contributed by atoms with Gasteiger partial charge in [-0.3, -0.25) is 4.79 Å². The maximum atomic E-state index is 13.1. The van der Waals surface area contributed by atoms with Gasteiger partial charge in [0, 0.05) is 18.5 Å². The second-order valence-corrected chi connectivity index (χ2v) is 7.60. The number of carbonyl (C=O) groups is 1. The quantitative estimate of drug-likeness (QED) is 0.776. The van der Waals surface area contributed by atoms with E-state index in [0.29, 0.717) is 18.8 Å². The normalized spacial score (nSPS) is 18.8. The molecule has 1 saturated heterocycles. The lowest BCUT2D eigenvalue weighted by Gasteiger charge is -2.26. The number of hydrogen-bond donors (Lipinski definition) is 0. The maximum Gasteiger partial charge on any atom is 0.254 e. The van der Waals surface area contributed by atoms with Gasteiger partial charge in [0.2, 0.25) is 0 Å². The van der Waals surface area contributed by atoms with Gasteiger partial charge in [0.15, 0.2) is 11.5 Å². The average molecular weight is 381 g/mol. The number of carbonyl (C=O) groups excluding carboxylic acids is 1. The number of rotatable bonds is 4. The smallest absolute Gasteiger partial charge is 0.254 e. The number of likely N-dealkylation sites (tertiary alicyclic amines) is 1. The Morgan fingerprint density at radius 2 is 1.79 bits per heavy atom. The summed E-state index contributed by atoms with van der Waals surface area (Å²) in [6.07, 6.45) is 2.96. The first-order chi connectivity index (χ1) is 13.6. The van der Waals surface area contributed by atoms with Crippen LogP contribution < -0.4 is 14.2 Å². The Kier molecular flexibility index (Phi) is 5.42. The van der Waals surface area contributed by atoms with E-state index in [4.69, 9.17) is 14.2 Å². The third-order valence-corrected chi connectivity index (χ3v) is 5.14. The van der Waals surface area contributed by atoms with Crippen LogP contribution in [0.3, 0.4) is 0 Å². The molecule has 0 unspecified atom stereocenters. The number of nitrogens with zero attached hydrogens (tertiary/aromatic N) is 1. The van der Waals surface area contributed by atoms with Crippen LogP contribution in [0.5, 0.6) is 17.2 Å². The monoisotopic (exact) mass is 381 g/mol. The first-order valence-corrected chi connectivity index (χ1v) is 10.1. The van der Waals surface area contributed by atoms with Crippen LogP contribution in [0.1, 0.15) is 55.1 Å². The predicted molar refractivity (Wildman–Crippen MR) is 107 cm³/mol. The second kappa shape index (κ2) is 8.13. The van der Waals surface area contributed by atoms with Crippen LogP contribution in [0.15, 0.2) is 42.5 Å². The van der Waals surface area contributed by atoms with Gasteiger partial charge < -0.3 is 19.1 Å². The highest BCUT2D eigenvalue weighted by Gasteiger charge is 2.31. The van der Waals surface area contributed by atoms with Crippen LogP contribution in [-0.2, 0) is 0 Å². The third-order valence-electron chi connectivity index (χ3n) is 5.14. The molecular formula is C23H27NO4. The molecule has 2 aliphatic rings. The van der Waals surface area contributed by atoms with Gasteiger partial charge in [0.25, 0.3) is 5.91 Å². The molecule has 0 saturated carbocycles. The van der Waals surface area contributed by atoms with Crippen LogP contribution in [0.4, 0.5) is 0 Å². The zero-order valence-electron chi connectivity index (χ0n) is 16.5. The largest absolute Gasteiger partial charge is 0.491 e. The van der Waals surface area contributed by atoms with E-state index in [0.717, 1.165) is 48.6 Å². The molecule has 0 aromatic heterocycles. The first-order valence-electron chi connectivity index (χ1n) is 10.1. The standard InChI is InChI=1S/C23H27NO4/c1-16(2)28-19-9-6-17(7-10-19)23(25)24-12-3-5-20(24)18-8-11-21-22(15-18)27-14-4-13-26-21/h6-11,15-16,20H,3-5,12-14H2,1-2H3/t20-/m0/s1. The van der Waals surface area contributed by atoms with E-state index in [2.05, 4.69) is 6.07 Å². The molecule has 0 radical (unpaired) electrons. The molecule has 28 heavy (non-hydrogen) atoms. The zero-order chi connectivity index (χ0) is 19.5. The van der Waals surface area contributed by atoms with Crippen molar-refractivity contribution in [2.45, 2.75) is 45.3 Å². The van der Waals surface area contributed by atoms with Crippen molar-refractivity contribution < 1.29 is 19.0 Å². The molecule has 4 rings (SSSR count). The number of benzene rings is 2. The van der Waals surface area contributed by atoms with Crippen molar-refractivity contribution in [1.29, 1.82) is 0 Å². The van der Waals surface area contributed by atoms with Crippen molar-refractivity contribution in [3.8, 4) is 17.2 Å². The van der Waals surface area contributed by atoms with Crippen molar-refractivity contribution in [1.82, 2.24) is 4.90 Å². The van der Waals surface area contributed by atoms with Gasteiger partial charge in [-0.15, -0.1) is 0 Å². The van der Waals surface area contributed by atoms with Crippen LogP contribution in [-0.4, -0.2) is 36.7 Å². The third kappa shape index (κ3) is 3.93. The van der Waals surface area contributed by atoms with Crippen molar-refractivity contribution >= 4 is 5.91 Å². The van der Waals surface area contributed by atoms with Crippen LogP contribution in [0, 0.1) is 0 Å². The Labute approximate surface area is 166 Å². The van der Waals surface area contributed by atoms with E-state index in [-0.39, 0.29) is 18.1 Å². The summed E-state index contributed by atoms with van der Waals surface area (Å²) in [5.74, 6) is 2.42. The summed E-state index contributed by atoms with van der Waals surface area (Å²) < 4.78 is 17.2. The molecule has 1 atom stereocenters. The first kappa shape index (κ1) is 18.7. The fourth-order valence-electron chi connectivity index (χ4n) is 3.86. The lowest BCUT2D eigenvalue weighted by atomic mass is 10.0. The molecule has 148 valence electrons. The highest BCUT2D eigenvalue weighted by atomic mass is 16.5. The number of ether oxygens (including phenoxy) is 3. The van der Waals surface area contributed by atoms with Crippen LogP contribution in [0.25, 0.3) is 0 Å². The maximum absolute atomic E-state index is 13.1. The van der Waals surface area contributed by atoms with Gasteiger partial charge in [-0.05, 0) is 68.7 Å². The summed E-state index contributed by atoms with van der Waals surface area (Å²) in [5, 5.41) is 0. The van der Waals surface area contributed by atoms with Gasteiger partial charge in [-0.2, -0.15) is 0 Å². The molecule has 5 heteroatoms. The van der Waals surface area contributed by atoms with E-state index in [1.54, 1.807) is 0 Å². The Hall–Kier alpha value is -2.69. The molecule has 2 aromatic carbocycles. The van der Waals surface area contributed by atoms with E-state index in [1.165, 1.54) is 0 Å². The molecule has 0 N–H and O–H groups in total. The van der Waals surface area contributed by atoms with Crippen molar-refractivity contribution in [2.75, 3.05) is 19.8 Å². The summed E-state index contributed by atoms with van der Waals surface area (Å²) in [5.41, 5.74) is 1.80. The molecule has 2 aliphatic heterocycles. The summed E-state index contributed by atoms with van der Waals surface area (Å²) >= 11 is 0. The van der Waals surface area contributed by atoms with Gasteiger partial charge in [0.1, 0.15) is 5.75 Å². The number of amides is 1. The van der Waals surface area contributed by atoms with Crippen LogP contribution in [0.2, 0.25) is 0 Å². The number of fused-ring (bicyclic) bond motifs is 1. The molecule has 5 nitrogen and oxygen atoms in total. The Morgan fingerprint density at radius 3 is 2.54 bits per heavy atom. The lowest BCUT2D eigenvalue weighted by Crippen LogP contribution is -2.30. The van der Waals surface area contributed by atoms with Gasteiger partial charge >= 0.3 is 0 Å². The van der Waals surface area contributed by atoms with Crippen molar-refractivity contribution in [3.05, 3.63) is 53.6 Å². The summed E-state index contributed by atoms with van der Waals surface area (Å²) in [7, 11) is 0. The summed E-state index contributed by atoms with van der Waals surface area (Å²) in [6.45, 7) is 6.08. The van der Waals surface area contributed by atoms with Gasteiger partial charge in [0.05, 0.1) is 25.4 Å². The molecule has 0 spiro atoms.